The average Bonchev–Trinajstić information content (AvgIpc) is 2.67. The first-order valence-electron chi connectivity index (χ1n) is 6.84. The summed E-state index contributed by atoms with van der Waals surface area (Å²) in [5.41, 5.74) is 8.97. The van der Waals surface area contributed by atoms with Crippen molar-refractivity contribution < 1.29 is 4.42 Å². The third-order valence-corrected chi connectivity index (χ3v) is 3.99. The molecule has 0 atom stereocenters. The molecule has 0 radical (unpaired) electrons. The first-order valence-corrected chi connectivity index (χ1v) is 6.84. The van der Waals surface area contributed by atoms with Gasteiger partial charge >= 0.3 is 5.76 Å². The van der Waals surface area contributed by atoms with Gasteiger partial charge in [-0.05, 0) is 31.7 Å². The number of nitrogens with zero attached hydrogens (tertiary/aromatic N) is 1. The molecule has 3 rings (SSSR count). The average molecular weight is 261 g/mol. The molecule has 102 valence electrons. The van der Waals surface area contributed by atoms with E-state index in [-0.39, 0.29) is 0 Å². The van der Waals surface area contributed by atoms with Gasteiger partial charge in [-0.2, -0.15) is 0 Å². The molecular weight excluding hydrogens is 242 g/mol. The van der Waals surface area contributed by atoms with Crippen molar-refractivity contribution >= 4 is 22.5 Å². The quantitative estimate of drug-likeness (QED) is 0.828. The van der Waals surface area contributed by atoms with Crippen LogP contribution in [-0.4, -0.2) is 18.1 Å². The topological polar surface area (TPSA) is 75.3 Å². The van der Waals surface area contributed by atoms with Gasteiger partial charge in [0, 0.05) is 19.2 Å². The maximum absolute atomic E-state index is 11.2. The first-order chi connectivity index (χ1) is 9.17. The van der Waals surface area contributed by atoms with Gasteiger partial charge in [-0.15, -0.1) is 0 Å². The van der Waals surface area contributed by atoms with Gasteiger partial charge in [-0.25, -0.2) is 4.79 Å². The van der Waals surface area contributed by atoms with Gasteiger partial charge in [0.1, 0.15) is 0 Å². The molecular formula is C14H19N3O2. The first kappa shape index (κ1) is 12.1. The van der Waals surface area contributed by atoms with Gasteiger partial charge in [-0.1, -0.05) is 6.42 Å². The lowest BCUT2D eigenvalue weighted by Gasteiger charge is -2.33. The summed E-state index contributed by atoms with van der Waals surface area (Å²) >= 11 is 0. The Labute approximate surface area is 111 Å². The van der Waals surface area contributed by atoms with E-state index in [2.05, 4.69) is 16.8 Å². The van der Waals surface area contributed by atoms with Gasteiger partial charge in [-0.3, -0.25) is 4.98 Å². The zero-order chi connectivity index (χ0) is 13.4. The van der Waals surface area contributed by atoms with E-state index in [0.29, 0.717) is 16.8 Å². The molecule has 3 N–H and O–H groups in total. The molecule has 0 unspecified atom stereocenters. The monoisotopic (exact) mass is 261 g/mol. The van der Waals surface area contributed by atoms with Crippen molar-refractivity contribution in [1.82, 2.24) is 4.98 Å². The fourth-order valence-electron chi connectivity index (χ4n) is 2.66. The van der Waals surface area contributed by atoms with E-state index in [1.807, 2.05) is 6.07 Å². The van der Waals surface area contributed by atoms with Crippen LogP contribution in [0.25, 0.3) is 11.1 Å². The van der Waals surface area contributed by atoms with E-state index in [4.69, 9.17) is 10.2 Å². The molecule has 1 aliphatic carbocycles. The van der Waals surface area contributed by atoms with Crippen LogP contribution in [0, 0.1) is 5.92 Å². The molecule has 0 aliphatic heterocycles. The van der Waals surface area contributed by atoms with Crippen LogP contribution in [0.2, 0.25) is 0 Å². The lowest BCUT2D eigenvalue weighted by atomic mass is 9.85. The summed E-state index contributed by atoms with van der Waals surface area (Å²) in [5, 5.41) is 0. The van der Waals surface area contributed by atoms with Crippen molar-refractivity contribution in [1.29, 1.82) is 0 Å². The second-order valence-electron chi connectivity index (χ2n) is 5.26. The fourth-order valence-corrected chi connectivity index (χ4v) is 2.66. The molecule has 0 amide bonds. The number of nitrogens with one attached hydrogen (secondary N) is 1. The Hall–Kier alpha value is -1.91. The van der Waals surface area contributed by atoms with Gasteiger partial charge in [0.25, 0.3) is 0 Å². The number of nitrogen functional groups attached to an aromatic ring is 1. The Balaban J connectivity index is 1.96. The van der Waals surface area contributed by atoms with Crippen LogP contribution in [-0.2, 0) is 0 Å². The highest BCUT2D eigenvalue weighted by atomic mass is 16.4. The van der Waals surface area contributed by atoms with Crippen LogP contribution in [0.3, 0.4) is 0 Å². The molecule has 0 spiro atoms. The molecule has 1 aliphatic rings. The van der Waals surface area contributed by atoms with Crippen molar-refractivity contribution in [3.05, 3.63) is 22.7 Å². The summed E-state index contributed by atoms with van der Waals surface area (Å²) in [6.07, 6.45) is 3.95. The fraction of sp³-hybridized carbons (Fsp3) is 0.500. The number of aromatic nitrogens is 1. The van der Waals surface area contributed by atoms with E-state index in [0.717, 1.165) is 24.7 Å². The summed E-state index contributed by atoms with van der Waals surface area (Å²) in [5.74, 6) is 0.340. The molecule has 19 heavy (non-hydrogen) atoms. The normalized spacial score (nSPS) is 15.6. The SMILES string of the molecule is CCN(CC1CCC1)c1cc2[nH]c(=O)oc2cc1N. The number of hydrogen-bond acceptors (Lipinski definition) is 4. The predicted molar refractivity (Wildman–Crippen MR) is 76.5 cm³/mol. The highest BCUT2D eigenvalue weighted by Crippen LogP contribution is 2.32. The summed E-state index contributed by atoms with van der Waals surface area (Å²) in [4.78, 5) is 16.2. The smallest absolute Gasteiger partial charge is 0.408 e. The van der Waals surface area contributed by atoms with Gasteiger partial charge in [0.15, 0.2) is 5.58 Å². The highest BCUT2D eigenvalue weighted by molar-refractivity contribution is 5.85. The molecule has 2 aromatic rings. The standard InChI is InChI=1S/C14H19N3O2/c1-2-17(8-9-4-3-5-9)12-7-11-13(6-10(12)15)19-14(18)16-11/h6-7,9H,2-5,8,15H2,1H3,(H,16,18). The van der Waals surface area contributed by atoms with Crippen LogP contribution in [0.15, 0.2) is 21.3 Å². The van der Waals surface area contributed by atoms with Crippen LogP contribution < -0.4 is 16.4 Å². The van der Waals surface area contributed by atoms with E-state index < -0.39 is 5.76 Å². The molecule has 0 saturated heterocycles. The van der Waals surface area contributed by atoms with Crippen molar-refractivity contribution in [2.45, 2.75) is 26.2 Å². The Morgan fingerprint density at radius 1 is 1.47 bits per heavy atom. The minimum Gasteiger partial charge on any atom is -0.408 e. The predicted octanol–water partition coefficient (Wildman–Crippen LogP) is 2.33. The van der Waals surface area contributed by atoms with E-state index in [9.17, 15) is 4.79 Å². The van der Waals surface area contributed by atoms with Crippen molar-refractivity contribution in [2.24, 2.45) is 5.92 Å². The van der Waals surface area contributed by atoms with Gasteiger partial charge < -0.3 is 15.1 Å². The molecule has 1 saturated carbocycles. The number of rotatable bonds is 4. The maximum atomic E-state index is 11.2. The van der Waals surface area contributed by atoms with Crippen molar-refractivity contribution in [3.63, 3.8) is 0 Å². The Bertz CT molecular complexity index is 640. The largest absolute Gasteiger partial charge is 0.417 e. The van der Waals surface area contributed by atoms with Crippen molar-refractivity contribution in [3.8, 4) is 0 Å². The lowest BCUT2D eigenvalue weighted by molar-refractivity contribution is 0.318. The van der Waals surface area contributed by atoms with Crippen LogP contribution in [0.5, 0.6) is 0 Å². The number of aromatic amines is 1. The van der Waals surface area contributed by atoms with Gasteiger partial charge in [0.05, 0.1) is 16.9 Å². The van der Waals surface area contributed by atoms with E-state index in [1.54, 1.807) is 6.07 Å². The minimum absolute atomic E-state index is 0.436. The summed E-state index contributed by atoms with van der Waals surface area (Å²) < 4.78 is 5.02. The van der Waals surface area contributed by atoms with Crippen LogP contribution >= 0.6 is 0 Å². The Morgan fingerprint density at radius 3 is 2.89 bits per heavy atom. The number of anilines is 2. The maximum Gasteiger partial charge on any atom is 0.417 e. The van der Waals surface area contributed by atoms with E-state index in [1.165, 1.54) is 19.3 Å². The third-order valence-electron chi connectivity index (χ3n) is 3.99. The number of benzene rings is 1. The number of nitrogens with two attached hydrogens (primary N) is 1. The lowest BCUT2D eigenvalue weighted by Crippen LogP contribution is -2.32. The van der Waals surface area contributed by atoms with Crippen LogP contribution in [0.4, 0.5) is 11.4 Å². The summed E-state index contributed by atoms with van der Waals surface area (Å²) in [6, 6.07) is 3.64. The molecule has 1 heterocycles. The minimum atomic E-state index is -0.436. The molecule has 0 bridgehead atoms. The van der Waals surface area contributed by atoms with Crippen molar-refractivity contribution in [2.75, 3.05) is 23.7 Å². The number of H-pyrrole nitrogens is 1. The number of oxazole rings is 1. The Kier molecular flexibility index (Phi) is 2.97. The second-order valence-corrected chi connectivity index (χ2v) is 5.26. The second kappa shape index (κ2) is 4.64. The van der Waals surface area contributed by atoms with Gasteiger partial charge in [0.2, 0.25) is 0 Å². The van der Waals surface area contributed by atoms with Crippen LogP contribution in [0.1, 0.15) is 26.2 Å². The molecule has 5 nitrogen and oxygen atoms in total. The zero-order valence-electron chi connectivity index (χ0n) is 11.1. The molecule has 5 heteroatoms. The van der Waals surface area contributed by atoms with E-state index >= 15 is 0 Å². The summed E-state index contributed by atoms with van der Waals surface area (Å²) in [7, 11) is 0. The molecule has 1 fully saturated rings. The Morgan fingerprint density at radius 2 is 2.26 bits per heavy atom. The third kappa shape index (κ3) is 2.20. The number of hydrogen-bond donors (Lipinski definition) is 2. The highest BCUT2D eigenvalue weighted by Gasteiger charge is 2.21. The summed E-state index contributed by atoms with van der Waals surface area (Å²) in [6.45, 7) is 4.07. The molecule has 1 aromatic carbocycles. The molecule has 1 aromatic heterocycles. The number of fused-ring (bicyclic) bond motifs is 1. The zero-order valence-corrected chi connectivity index (χ0v) is 11.1.